The van der Waals surface area contributed by atoms with Gasteiger partial charge in [0, 0.05) is 0 Å². The van der Waals surface area contributed by atoms with Crippen molar-refractivity contribution in [3.8, 4) is 0 Å². The van der Waals surface area contributed by atoms with Gasteiger partial charge >= 0.3 is 0 Å². The largest absolute Gasteiger partial charge is 0.366 e. The quantitative estimate of drug-likeness (QED) is 0.106. The number of nitrogens with two attached hydrogens (primary N) is 4. The molecule has 0 aliphatic carbocycles. The highest BCUT2D eigenvalue weighted by Gasteiger charge is 1.94. The summed E-state index contributed by atoms with van der Waals surface area (Å²) < 4.78 is 0. The highest BCUT2D eigenvalue weighted by Crippen LogP contribution is 1.59. The molecule has 0 rings (SSSR count). The molecule has 0 aliphatic rings. The van der Waals surface area contributed by atoms with E-state index in [4.69, 9.17) is 23.3 Å². The molecule has 0 aromatic rings. The fraction of sp³-hybridized carbons (Fsp3) is 0. The smallest absolute Gasteiger partial charge is 0.243 e. The van der Waals surface area contributed by atoms with Gasteiger partial charge in [-0.2, -0.15) is 10.7 Å². The summed E-state index contributed by atoms with van der Waals surface area (Å²) in [6.07, 6.45) is 0. The van der Waals surface area contributed by atoms with Crippen LogP contribution in [0, 0.1) is 0 Å². The highest BCUT2D eigenvalue weighted by molar-refractivity contribution is 5.76. The van der Waals surface area contributed by atoms with Crippen LogP contribution in [-0.2, 0) is 0 Å². The summed E-state index contributed by atoms with van der Waals surface area (Å²) in [5.41, 5.74) is 7.00. The van der Waals surface area contributed by atoms with E-state index < -0.39 is 0 Å². The molecule has 9 N–H and O–H groups in total. The van der Waals surface area contributed by atoms with E-state index in [9.17, 15) is 0 Å². The summed E-state index contributed by atoms with van der Waals surface area (Å²) in [7, 11) is 0. The molecular formula is CH9N7. The SMILES string of the molecule is NN=C(N)N(N)NN. The van der Waals surface area contributed by atoms with Crippen molar-refractivity contribution >= 4 is 5.96 Å². The fourth-order valence-corrected chi connectivity index (χ4v) is 0.128. The van der Waals surface area contributed by atoms with Gasteiger partial charge in [0.2, 0.25) is 5.96 Å². The number of guanidine groups is 1. The van der Waals surface area contributed by atoms with Crippen LogP contribution in [0.15, 0.2) is 5.10 Å². The molecule has 0 unspecified atom stereocenters. The molecule has 0 bridgehead atoms. The van der Waals surface area contributed by atoms with Gasteiger partial charge in [-0.3, -0.25) is 5.84 Å². The second kappa shape index (κ2) is 3.02. The van der Waals surface area contributed by atoms with E-state index in [1.165, 1.54) is 0 Å². The maximum atomic E-state index is 5.01. The van der Waals surface area contributed by atoms with Crippen molar-refractivity contribution in [3.63, 3.8) is 0 Å². The Morgan fingerprint density at radius 1 is 1.62 bits per heavy atom. The van der Waals surface area contributed by atoms with E-state index in [-0.39, 0.29) is 5.96 Å². The number of nitrogens with one attached hydrogen (secondary N) is 1. The van der Waals surface area contributed by atoms with Gasteiger partial charge in [0.25, 0.3) is 0 Å². The molecule has 0 atom stereocenters. The monoisotopic (exact) mass is 119 g/mol. The number of hydrogen-bond donors (Lipinski definition) is 5. The second-order valence-corrected chi connectivity index (χ2v) is 0.986. The Morgan fingerprint density at radius 2 is 2.12 bits per heavy atom. The van der Waals surface area contributed by atoms with Gasteiger partial charge in [-0.05, 0) is 0 Å². The molecule has 0 fully saturated rings. The lowest BCUT2D eigenvalue weighted by Crippen LogP contribution is -2.55. The molecular weight excluding hydrogens is 110 g/mol. The Kier molecular flexibility index (Phi) is 2.62. The topological polar surface area (TPSA) is 132 Å². The lowest BCUT2D eigenvalue weighted by atomic mass is 11.0. The van der Waals surface area contributed by atoms with Crippen LogP contribution in [0.3, 0.4) is 0 Å². The summed E-state index contributed by atoms with van der Waals surface area (Å²) in [6, 6.07) is 0. The lowest BCUT2D eigenvalue weighted by Gasteiger charge is -2.12. The number of rotatable bonds is 1. The van der Waals surface area contributed by atoms with E-state index >= 15 is 0 Å². The third kappa shape index (κ3) is 1.60. The van der Waals surface area contributed by atoms with Crippen LogP contribution in [0.5, 0.6) is 0 Å². The Balaban J connectivity index is 3.63. The van der Waals surface area contributed by atoms with Gasteiger partial charge in [-0.25, -0.2) is 5.84 Å². The number of hydrazone groups is 1. The van der Waals surface area contributed by atoms with Crippen molar-refractivity contribution in [1.82, 2.24) is 10.7 Å². The summed E-state index contributed by atoms with van der Waals surface area (Å²) in [5.74, 6) is 14.4. The number of hydrazine groups is 3. The molecule has 0 saturated carbocycles. The van der Waals surface area contributed by atoms with Crippen molar-refractivity contribution in [2.45, 2.75) is 0 Å². The minimum Gasteiger partial charge on any atom is -0.366 e. The van der Waals surface area contributed by atoms with Crippen LogP contribution in [0.2, 0.25) is 0 Å². The van der Waals surface area contributed by atoms with Crippen LogP contribution >= 0.6 is 0 Å². The molecule has 0 saturated heterocycles. The Morgan fingerprint density at radius 3 is 2.25 bits per heavy atom. The lowest BCUT2D eigenvalue weighted by molar-refractivity contribution is 0.320. The summed E-state index contributed by atoms with van der Waals surface area (Å²) >= 11 is 0. The molecule has 0 amide bonds. The predicted octanol–water partition coefficient (Wildman–Crippen LogP) is -3.27. The minimum atomic E-state index is -0.0903. The molecule has 0 spiro atoms. The zero-order chi connectivity index (χ0) is 6.57. The normalized spacial score (nSPS) is 11.5. The molecule has 0 radical (unpaired) electrons. The second-order valence-electron chi connectivity index (χ2n) is 0.986. The first-order valence-corrected chi connectivity index (χ1v) is 1.76. The highest BCUT2D eigenvalue weighted by atomic mass is 15.8. The standard InChI is InChI=1S/CH9N7/c2-1(6-3)8(5)7-4/h7H,3-5H2,(H2,2,6). The van der Waals surface area contributed by atoms with Crippen molar-refractivity contribution in [1.29, 1.82) is 0 Å². The Labute approximate surface area is 46.2 Å². The Hall–Kier alpha value is -1.05. The summed E-state index contributed by atoms with van der Waals surface area (Å²) in [4.78, 5) is 0. The van der Waals surface area contributed by atoms with Crippen LogP contribution in [-0.4, -0.2) is 11.1 Å². The van der Waals surface area contributed by atoms with Crippen molar-refractivity contribution < 1.29 is 0 Å². The number of hydrogen-bond acceptors (Lipinski definition) is 5. The van der Waals surface area contributed by atoms with Crippen LogP contribution in [0.4, 0.5) is 0 Å². The maximum Gasteiger partial charge on any atom is 0.243 e. The molecule has 0 heterocycles. The minimum absolute atomic E-state index is 0.0903. The maximum absolute atomic E-state index is 5.01. The fourth-order valence-electron chi connectivity index (χ4n) is 0.128. The first kappa shape index (κ1) is 6.95. The molecule has 0 aliphatic heterocycles. The first-order valence-electron chi connectivity index (χ1n) is 1.76. The molecule has 7 heteroatoms. The van der Waals surface area contributed by atoms with Gasteiger partial charge < -0.3 is 11.6 Å². The molecule has 0 aromatic heterocycles. The third-order valence-corrected chi connectivity index (χ3v) is 0.518. The van der Waals surface area contributed by atoms with Gasteiger partial charge in [0.05, 0.1) is 0 Å². The average Bonchev–Trinajstić information content (AvgIpc) is 1.84. The van der Waals surface area contributed by atoms with Crippen LogP contribution in [0.25, 0.3) is 0 Å². The Bertz CT molecular complexity index is 84.4. The van der Waals surface area contributed by atoms with E-state index in [1.54, 1.807) is 0 Å². The van der Waals surface area contributed by atoms with Crippen LogP contribution < -0.4 is 28.8 Å². The summed E-state index contributed by atoms with van der Waals surface area (Å²) in [5, 5.41) is 3.79. The third-order valence-electron chi connectivity index (χ3n) is 0.518. The van der Waals surface area contributed by atoms with Gasteiger partial charge in [0.1, 0.15) is 0 Å². The molecule has 48 valence electrons. The van der Waals surface area contributed by atoms with Crippen LogP contribution in [0.1, 0.15) is 0 Å². The van der Waals surface area contributed by atoms with Gasteiger partial charge in [-0.15, -0.1) is 5.10 Å². The zero-order valence-corrected chi connectivity index (χ0v) is 4.20. The van der Waals surface area contributed by atoms with Gasteiger partial charge in [0.15, 0.2) is 0 Å². The van der Waals surface area contributed by atoms with E-state index in [0.717, 1.165) is 5.12 Å². The zero-order valence-electron chi connectivity index (χ0n) is 4.20. The number of nitrogens with zero attached hydrogens (tertiary/aromatic N) is 2. The average molecular weight is 119 g/mol. The predicted molar refractivity (Wildman–Crippen MR) is 29.2 cm³/mol. The first-order chi connectivity index (χ1) is 3.72. The van der Waals surface area contributed by atoms with E-state index in [0.29, 0.717) is 0 Å². The van der Waals surface area contributed by atoms with Gasteiger partial charge in [-0.1, -0.05) is 0 Å². The van der Waals surface area contributed by atoms with E-state index in [2.05, 4.69) is 5.10 Å². The molecule has 0 aromatic carbocycles. The molecule has 7 nitrogen and oxygen atoms in total. The molecule has 8 heavy (non-hydrogen) atoms. The summed E-state index contributed by atoms with van der Waals surface area (Å²) in [6.45, 7) is 0. The van der Waals surface area contributed by atoms with Crippen molar-refractivity contribution in [2.75, 3.05) is 0 Å². The van der Waals surface area contributed by atoms with Crippen molar-refractivity contribution in [3.05, 3.63) is 0 Å². The van der Waals surface area contributed by atoms with E-state index in [1.807, 2.05) is 5.53 Å². The van der Waals surface area contributed by atoms with Crippen molar-refractivity contribution in [2.24, 2.45) is 28.4 Å².